The van der Waals surface area contributed by atoms with Gasteiger partial charge in [0.2, 0.25) is 17.7 Å². The summed E-state index contributed by atoms with van der Waals surface area (Å²) in [5.41, 5.74) is 24.9. The molecule has 0 aromatic heterocycles. The van der Waals surface area contributed by atoms with E-state index in [9.17, 15) is 14.7 Å². The molecule has 1 aromatic carbocycles. The zero-order valence-electron chi connectivity index (χ0n) is 28.3. The highest BCUT2D eigenvalue weighted by Gasteiger charge is 2.27. The summed E-state index contributed by atoms with van der Waals surface area (Å²) < 4.78 is 0. The fourth-order valence-corrected chi connectivity index (χ4v) is 5.03. The Morgan fingerprint density at radius 3 is 2.21 bits per heavy atom. The molecule has 0 saturated carbocycles. The van der Waals surface area contributed by atoms with Crippen molar-refractivity contribution in [2.24, 2.45) is 37.9 Å². The molecule has 2 amide bonds. The summed E-state index contributed by atoms with van der Waals surface area (Å²) in [7, 11) is 7.08. The van der Waals surface area contributed by atoms with E-state index in [1.54, 1.807) is 14.1 Å². The minimum absolute atomic E-state index is 0.00799. The Labute approximate surface area is 287 Å². The average Bonchev–Trinajstić information content (AvgIpc) is 3.01. The monoisotopic (exact) mass is 689 g/mol. The molecule has 1 aliphatic rings. The SMILES string of the molecule is CN(C)C(=O)[C@H](CCCCNC(=N)N)NC(=O)[C@H](CCc1ccc(CCCCN/C(N)=N/C(O)=C2/N=C(Cl)C(N)=NC2N)cc1)N(C)C. The number of nitrogens with zero attached hydrogens (tertiary/aromatic N) is 5. The predicted molar refractivity (Wildman–Crippen MR) is 192 cm³/mol. The Morgan fingerprint density at radius 1 is 1.00 bits per heavy atom. The van der Waals surface area contributed by atoms with Gasteiger partial charge in [-0.1, -0.05) is 35.9 Å². The van der Waals surface area contributed by atoms with Crippen LogP contribution in [0.4, 0.5) is 0 Å². The van der Waals surface area contributed by atoms with Crippen molar-refractivity contribution in [3.63, 3.8) is 0 Å². The third kappa shape index (κ3) is 13.8. The Kier molecular flexibility index (Phi) is 16.6. The quantitative estimate of drug-likeness (QED) is 0.0432. The normalized spacial score (nSPS) is 17.1. The van der Waals surface area contributed by atoms with Gasteiger partial charge in [0.25, 0.3) is 0 Å². The lowest BCUT2D eigenvalue weighted by molar-refractivity contribution is -0.136. The number of nitrogens with one attached hydrogen (secondary N) is 4. The first-order valence-electron chi connectivity index (χ1n) is 15.9. The summed E-state index contributed by atoms with van der Waals surface area (Å²) in [6.45, 7) is 1.08. The molecular formula is C31H52ClN13O3. The first-order valence-corrected chi connectivity index (χ1v) is 16.3. The van der Waals surface area contributed by atoms with Crippen LogP contribution >= 0.6 is 11.6 Å². The Balaban J connectivity index is 1.82. The standard InChI is InChI=1S/C31H52ClN13O3/c1-44(2)22(27(46)40-21(29(48)45(3)4)10-6-8-17-38-30(35)36)16-15-20-13-11-19(12-14-20)9-5-7-18-39-31(37)43-28(47)23-25(33)42-26(34)24(32)41-23/h11-14,21-22,25,47H,5-10,15-18,33H2,1-4H3,(H2,34,42)(H,40,46)(H4,35,36,38)(H3,37,39,43)/b28-23-/t21-,22-,25?/m0/s1. The molecule has 1 heterocycles. The molecule has 1 aliphatic heterocycles. The fraction of sp³-hybridized carbons (Fsp3) is 0.548. The van der Waals surface area contributed by atoms with Gasteiger partial charge in [-0.15, -0.1) is 0 Å². The second-order valence-electron chi connectivity index (χ2n) is 11.9. The first kappa shape index (κ1) is 39.8. The fourth-order valence-electron chi connectivity index (χ4n) is 4.89. The molecule has 0 fully saturated rings. The van der Waals surface area contributed by atoms with Crippen LogP contribution in [0, 0.1) is 5.41 Å². The van der Waals surface area contributed by atoms with Crippen LogP contribution in [0.2, 0.25) is 0 Å². The molecule has 17 heteroatoms. The van der Waals surface area contributed by atoms with Gasteiger partial charge in [0, 0.05) is 27.2 Å². The third-order valence-corrected chi connectivity index (χ3v) is 7.87. The van der Waals surface area contributed by atoms with Crippen molar-refractivity contribution in [1.82, 2.24) is 25.8 Å². The van der Waals surface area contributed by atoms with Crippen LogP contribution in [0.25, 0.3) is 0 Å². The Hall–Kier alpha value is -4.41. The van der Waals surface area contributed by atoms with E-state index < -0.39 is 24.1 Å². The van der Waals surface area contributed by atoms with Gasteiger partial charge in [0.05, 0.1) is 6.04 Å². The van der Waals surface area contributed by atoms with E-state index in [1.807, 2.05) is 19.0 Å². The zero-order valence-corrected chi connectivity index (χ0v) is 29.1. The van der Waals surface area contributed by atoms with Gasteiger partial charge in [-0.3, -0.25) is 19.9 Å². The van der Waals surface area contributed by atoms with E-state index in [0.717, 1.165) is 31.2 Å². The number of aliphatic hydroxyl groups is 1. The summed E-state index contributed by atoms with van der Waals surface area (Å²) in [5.74, 6) is -0.919. The number of unbranched alkanes of at least 4 members (excludes halogenated alkanes) is 2. The number of amidine groups is 1. The minimum Gasteiger partial charge on any atom is -0.492 e. The molecule has 2 rings (SSSR count). The number of hydrogen-bond acceptors (Lipinski definition) is 10. The molecule has 266 valence electrons. The van der Waals surface area contributed by atoms with E-state index in [-0.39, 0.29) is 40.4 Å². The number of hydrogen-bond donors (Lipinski definition) is 9. The lowest BCUT2D eigenvalue weighted by Gasteiger charge is -2.27. The van der Waals surface area contributed by atoms with Gasteiger partial charge < -0.3 is 48.9 Å². The van der Waals surface area contributed by atoms with Gasteiger partial charge in [0.1, 0.15) is 17.9 Å². The van der Waals surface area contributed by atoms with Gasteiger partial charge in [0.15, 0.2) is 22.9 Å². The van der Waals surface area contributed by atoms with E-state index in [2.05, 4.69) is 55.2 Å². The molecular weight excluding hydrogens is 638 g/mol. The van der Waals surface area contributed by atoms with Crippen LogP contribution in [-0.2, 0) is 22.4 Å². The highest BCUT2D eigenvalue weighted by Crippen LogP contribution is 2.16. The highest BCUT2D eigenvalue weighted by molar-refractivity contribution is 6.83. The van der Waals surface area contributed by atoms with Gasteiger partial charge >= 0.3 is 0 Å². The number of aliphatic hydroxyl groups excluding tert-OH is 1. The highest BCUT2D eigenvalue weighted by atomic mass is 35.5. The Morgan fingerprint density at radius 2 is 1.60 bits per heavy atom. The minimum atomic E-state index is -0.994. The van der Waals surface area contributed by atoms with Crippen molar-refractivity contribution >= 4 is 46.3 Å². The van der Waals surface area contributed by atoms with Gasteiger partial charge in [-0.2, -0.15) is 4.99 Å². The maximum Gasteiger partial charge on any atom is 0.244 e. The van der Waals surface area contributed by atoms with Crippen molar-refractivity contribution in [1.29, 1.82) is 5.41 Å². The lowest BCUT2D eigenvalue weighted by Crippen LogP contribution is -2.52. The number of halogens is 1. The summed E-state index contributed by atoms with van der Waals surface area (Å²) in [4.78, 5) is 41.2. The Bertz CT molecular complexity index is 1360. The molecule has 0 radical (unpaired) electrons. The van der Waals surface area contributed by atoms with Crippen LogP contribution in [-0.4, -0.2) is 109 Å². The molecule has 0 spiro atoms. The van der Waals surface area contributed by atoms with Gasteiger partial charge in [-0.25, -0.2) is 9.98 Å². The number of likely N-dealkylation sites (N-methyl/N-ethyl adjacent to an activating group) is 2. The zero-order chi connectivity index (χ0) is 35.8. The maximum absolute atomic E-state index is 13.3. The molecule has 1 unspecified atom stereocenters. The van der Waals surface area contributed by atoms with Crippen LogP contribution in [0.3, 0.4) is 0 Å². The maximum atomic E-state index is 13.3. The van der Waals surface area contributed by atoms with Crippen molar-refractivity contribution in [3.8, 4) is 0 Å². The van der Waals surface area contributed by atoms with Crippen molar-refractivity contribution in [2.45, 2.75) is 69.6 Å². The average molecular weight is 690 g/mol. The van der Waals surface area contributed by atoms with Crippen molar-refractivity contribution in [2.75, 3.05) is 41.3 Å². The molecule has 3 atom stereocenters. The first-order chi connectivity index (χ1) is 22.7. The number of aryl methyl sites for hydroxylation is 2. The number of amides is 2. The van der Waals surface area contributed by atoms with Crippen molar-refractivity contribution < 1.29 is 14.7 Å². The summed E-state index contributed by atoms with van der Waals surface area (Å²) in [6.07, 6.45) is 4.79. The van der Waals surface area contributed by atoms with Crippen LogP contribution in [0.15, 0.2) is 50.8 Å². The molecule has 16 nitrogen and oxygen atoms in total. The number of rotatable bonds is 18. The van der Waals surface area contributed by atoms with Gasteiger partial charge in [-0.05, 0) is 76.6 Å². The number of aliphatic imine (C=N–C) groups is 3. The molecule has 0 aliphatic carbocycles. The number of benzene rings is 1. The van der Waals surface area contributed by atoms with Crippen LogP contribution in [0.1, 0.15) is 49.7 Å². The summed E-state index contributed by atoms with van der Waals surface area (Å²) in [6, 6.07) is 7.31. The smallest absolute Gasteiger partial charge is 0.244 e. The number of guanidine groups is 2. The molecule has 0 saturated heterocycles. The third-order valence-electron chi connectivity index (χ3n) is 7.59. The summed E-state index contributed by atoms with van der Waals surface area (Å²) in [5, 5.41) is 26.1. The number of carbonyl (C=O) groups excluding carboxylic acids is 2. The van der Waals surface area contributed by atoms with E-state index in [0.29, 0.717) is 38.8 Å². The largest absolute Gasteiger partial charge is 0.492 e. The molecule has 0 bridgehead atoms. The molecule has 1 aromatic rings. The van der Waals surface area contributed by atoms with E-state index >= 15 is 0 Å². The molecule has 13 N–H and O–H groups in total. The van der Waals surface area contributed by atoms with E-state index in [1.165, 1.54) is 10.5 Å². The topological polar surface area (TPSA) is 262 Å². The molecule has 48 heavy (non-hydrogen) atoms. The summed E-state index contributed by atoms with van der Waals surface area (Å²) >= 11 is 5.86. The second kappa shape index (κ2) is 20.1. The predicted octanol–water partition coefficient (Wildman–Crippen LogP) is 0.0228. The number of carbonyl (C=O) groups is 2. The van der Waals surface area contributed by atoms with E-state index in [4.69, 9.17) is 39.9 Å². The number of nitrogens with two attached hydrogens (primary N) is 4. The lowest BCUT2D eigenvalue weighted by atomic mass is 10.0. The van der Waals surface area contributed by atoms with Crippen LogP contribution in [0.5, 0.6) is 0 Å². The second-order valence-corrected chi connectivity index (χ2v) is 12.3. The van der Waals surface area contributed by atoms with Crippen molar-refractivity contribution in [3.05, 3.63) is 47.0 Å². The van der Waals surface area contributed by atoms with Crippen LogP contribution < -0.4 is 38.9 Å².